The van der Waals surface area contributed by atoms with Crippen molar-refractivity contribution in [2.24, 2.45) is 5.73 Å². The zero-order chi connectivity index (χ0) is 13.2. The standard InChI is InChI=1S/C14H20ClNO2/c1-17-11-7-6-10(12(15)13(11)18-2)14(16)8-4-3-5-9-14/h6-7H,3-5,8-9,16H2,1-2H3. The van der Waals surface area contributed by atoms with Crippen LogP contribution in [0.5, 0.6) is 11.5 Å². The van der Waals surface area contributed by atoms with Crippen LogP contribution in [0.1, 0.15) is 37.7 Å². The number of hydrogen-bond acceptors (Lipinski definition) is 3. The summed E-state index contributed by atoms with van der Waals surface area (Å²) < 4.78 is 10.6. The number of benzene rings is 1. The summed E-state index contributed by atoms with van der Waals surface area (Å²) in [5.41, 5.74) is 7.16. The molecule has 0 aromatic heterocycles. The van der Waals surface area contributed by atoms with Crippen molar-refractivity contribution in [1.82, 2.24) is 0 Å². The first-order valence-electron chi connectivity index (χ1n) is 6.32. The first-order valence-corrected chi connectivity index (χ1v) is 6.70. The van der Waals surface area contributed by atoms with Gasteiger partial charge >= 0.3 is 0 Å². The summed E-state index contributed by atoms with van der Waals surface area (Å²) in [6.07, 6.45) is 5.51. The number of ether oxygens (including phenoxy) is 2. The second-order valence-electron chi connectivity index (χ2n) is 4.88. The lowest BCUT2D eigenvalue weighted by molar-refractivity contribution is 0.299. The van der Waals surface area contributed by atoms with E-state index in [2.05, 4.69) is 0 Å². The van der Waals surface area contributed by atoms with E-state index in [4.69, 9.17) is 26.8 Å². The van der Waals surface area contributed by atoms with Gasteiger partial charge in [0.25, 0.3) is 0 Å². The molecule has 0 heterocycles. The van der Waals surface area contributed by atoms with Crippen LogP contribution in [-0.2, 0) is 5.54 Å². The van der Waals surface area contributed by atoms with Crippen molar-refractivity contribution >= 4 is 11.6 Å². The van der Waals surface area contributed by atoms with Gasteiger partial charge in [-0.15, -0.1) is 0 Å². The van der Waals surface area contributed by atoms with Crippen LogP contribution in [0.4, 0.5) is 0 Å². The first-order chi connectivity index (χ1) is 8.62. The molecule has 1 aliphatic carbocycles. The van der Waals surface area contributed by atoms with Crippen LogP contribution in [0.25, 0.3) is 0 Å². The topological polar surface area (TPSA) is 44.5 Å². The van der Waals surface area contributed by atoms with Crippen LogP contribution < -0.4 is 15.2 Å². The van der Waals surface area contributed by atoms with Crippen LogP contribution in [0.3, 0.4) is 0 Å². The average molecular weight is 270 g/mol. The molecule has 0 atom stereocenters. The SMILES string of the molecule is COc1ccc(C2(N)CCCCC2)c(Cl)c1OC. The molecule has 1 aromatic carbocycles. The molecule has 1 fully saturated rings. The van der Waals surface area contributed by atoms with Crippen LogP contribution in [0.15, 0.2) is 12.1 Å². The predicted molar refractivity (Wildman–Crippen MR) is 73.5 cm³/mol. The zero-order valence-corrected chi connectivity index (χ0v) is 11.7. The molecular formula is C14H20ClNO2. The maximum absolute atomic E-state index is 6.52. The van der Waals surface area contributed by atoms with Gasteiger partial charge in [0, 0.05) is 5.54 Å². The summed E-state index contributed by atoms with van der Waals surface area (Å²) in [7, 11) is 3.20. The third-order valence-corrected chi connectivity index (χ3v) is 4.14. The molecule has 0 unspecified atom stereocenters. The van der Waals surface area contributed by atoms with Gasteiger partial charge in [-0.25, -0.2) is 0 Å². The Labute approximate surface area is 113 Å². The van der Waals surface area contributed by atoms with E-state index in [0.717, 1.165) is 31.2 Å². The summed E-state index contributed by atoms with van der Waals surface area (Å²) in [4.78, 5) is 0. The van der Waals surface area contributed by atoms with Gasteiger partial charge in [0.15, 0.2) is 11.5 Å². The highest BCUT2D eigenvalue weighted by molar-refractivity contribution is 6.33. The highest BCUT2D eigenvalue weighted by atomic mass is 35.5. The van der Waals surface area contributed by atoms with E-state index in [1.54, 1.807) is 14.2 Å². The van der Waals surface area contributed by atoms with Gasteiger partial charge in [-0.3, -0.25) is 0 Å². The smallest absolute Gasteiger partial charge is 0.179 e. The number of nitrogens with two attached hydrogens (primary N) is 1. The fraction of sp³-hybridized carbons (Fsp3) is 0.571. The normalized spacial score (nSPS) is 18.4. The second-order valence-corrected chi connectivity index (χ2v) is 5.26. The van der Waals surface area contributed by atoms with E-state index in [1.165, 1.54) is 6.42 Å². The lowest BCUT2D eigenvalue weighted by Gasteiger charge is -2.35. The van der Waals surface area contributed by atoms with Gasteiger partial charge in [-0.05, 0) is 24.5 Å². The van der Waals surface area contributed by atoms with E-state index in [9.17, 15) is 0 Å². The molecule has 0 amide bonds. The molecule has 0 saturated heterocycles. The first kappa shape index (κ1) is 13.5. The molecule has 1 aliphatic rings. The zero-order valence-electron chi connectivity index (χ0n) is 11.0. The molecule has 0 bridgehead atoms. The summed E-state index contributed by atoms with van der Waals surface area (Å²) in [5, 5.41) is 0.584. The summed E-state index contributed by atoms with van der Waals surface area (Å²) in [6.45, 7) is 0. The summed E-state index contributed by atoms with van der Waals surface area (Å²) >= 11 is 6.43. The van der Waals surface area contributed by atoms with Gasteiger partial charge in [-0.1, -0.05) is 36.9 Å². The van der Waals surface area contributed by atoms with Crippen molar-refractivity contribution in [1.29, 1.82) is 0 Å². The monoisotopic (exact) mass is 269 g/mol. The Morgan fingerprint density at radius 2 is 1.78 bits per heavy atom. The van der Waals surface area contributed by atoms with Crippen molar-refractivity contribution in [2.45, 2.75) is 37.6 Å². The lowest BCUT2D eigenvalue weighted by atomic mass is 9.77. The minimum atomic E-state index is -0.325. The minimum Gasteiger partial charge on any atom is -0.493 e. The Hall–Kier alpha value is -0.930. The van der Waals surface area contributed by atoms with Crippen LogP contribution >= 0.6 is 11.6 Å². The van der Waals surface area contributed by atoms with Gasteiger partial charge in [0.2, 0.25) is 0 Å². The molecule has 2 N–H and O–H groups in total. The third kappa shape index (κ3) is 2.29. The molecule has 18 heavy (non-hydrogen) atoms. The van der Waals surface area contributed by atoms with Crippen LogP contribution in [0.2, 0.25) is 5.02 Å². The maximum Gasteiger partial charge on any atom is 0.179 e. The van der Waals surface area contributed by atoms with Gasteiger partial charge in [0.05, 0.1) is 19.2 Å². The van der Waals surface area contributed by atoms with E-state index in [1.807, 2.05) is 12.1 Å². The molecule has 3 nitrogen and oxygen atoms in total. The molecule has 1 aromatic rings. The number of halogens is 1. The average Bonchev–Trinajstić information content (AvgIpc) is 2.38. The Kier molecular flexibility index (Phi) is 4.03. The maximum atomic E-state index is 6.52. The van der Waals surface area contributed by atoms with E-state index < -0.39 is 0 Å². The molecule has 4 heteroatoms. The summed E-state index contributed by atoms with van der Waals surface area (Å²) in [5.74, 6) is 1.22. The van der Waals surface area contributed by atoms with Gasteiger partial charge in [0.1, 0.15) is 0 Å². The van der Waals surface area contributed by atoms with E-state index >= 15 is 0 Å². The molecule has 2 rings (SSSR count). The molecular weight excluding hydrogens is 250 g/mol. The quantitative estimate of drug-likeness (QED) is 0.914. The summed E-state index contributed by atoms with van der Waals surface area (Å²) in [6, 6.07) is 3.85. The molecule has 100 valence electrons. The Morgan fingerprint density at radius 1 is 1.11 bits per heavy atom. The lowest BCUT2D eigenvalue weighted by Crippen LogP contribution is -2.38. The van der Waals surface area contributed by atoms with Crippen molar-refractivity contribution in [2.75, 3.05) is 14.2 Å². The third-order valence-electron chi connectivity index (χ3n) is 3.77. The largest absolute Gasteiger partial charge is 0.493 e. The molecule has 0 radical (unpaired) electrons. The molecule has 0 aliphatic heterocycles. The fourth-order valence-electron chi connectivity index (χ4n) is 2.73. The number of rotatable bonds is 3. The Balaban J connectivity index is 2.45. The van der Waals surface area contributed by atoms with Gasteiger partial charge < -0.3 is 15.2 Å². The van der Waals surface area contributed by atoms with Crippen molar-refractivity contribution < 1.29 is 9.47 Å². The highest BCUT2D eigenvalue weighted by Crippen LogP contribution is 2.44. The van der Waals surface area contributed by atoms with Crippen molar-refractivity contribution in [3.8, 4) is 11.5 Å². The van der Waals surface area contributed by atoms with Gasteiger partial charge in [-0.2, -0.15) is 0 Å². The highest BCUT2D eigenvalue weighted by Gasteiger charge is 2.33. The van der Waals surface area contributed by atoms with E-state index in [-0.39, 0.29) is 5.54 Å². The van der Waals surface area contributed by atoms with Crippen LogP contribution in [-0.4, -0.2) is 14.2 Å². The molecule has 0 spiro atoms. The Bertz CT molecular complexity index is 428. The number of methoxy groups -OCH3 is 2. The number of hydrogen-bond donors (Lipinski definition) is 1. The Morgan fingerprint density at radius 3 is 2.33 bits per heavy atom. The molecule has 1 saturated carbocycles. The van der Waals surface area contributed by atoms with Crippen molar-refractivity contribution in [3.05, 3.63) is 22.7 Å². The predicted octanol–water partition coefficient (Wildman–Crippen LogP) is 3.48. The second kappa shape index (κ2) is 5.37. The van der Waals surface area contributed by atoms with Crippen molar-refractivity contribution in [3.63, 3.8) is 0 Å². The van der Waals surface area contributed by atoms with Crippen LogP contribution in [0, 0.1) is 0 Å². The van der Waals surface area contributed by atoms with E-state index in [0.29, 0.717) is 16.5 Å². The minimum absolute atomic E-state index is 0.325. The fourth-order valence-corrected chi connectivity index (χ4v) is 3.15.